The minimum absolute atomic E-state index is 0.0559. The Labute approximate surface area is 156 Å². The molecule has 0 unspecified atom stereocenters. The minimum atomic E-state index is -3.54. The Kier molecular flexibility index (Phi) is 6.80. The lowest BCUT2D eigenvalue weighted by Gasteiger charge is -2.30. The number of carbonyl (C=O) groups is 2. The molecule has 1 aliphatic heterocycles. The first-order chi connectivity index (χ1) is 11.7. The maximum atomic E-state index is 12.5. The Morgan fingerprint density at radius 1 is 1.32 bits per heavy atom. The number of quaternary nitrogens is 1. The molecule has 0 atom stereocenters. The largest absolute Gasteiger partial charge is 0.336 e. The van der Waals surface area contributed by atoms with E-state index in [9.17, 15) is 18.0 Å². The Balaban J connectivity index is 1.83. The molecule has 1 aromatic heterocycles. The van der Waals surface area contributed by atoms with Crippen LogP contribution >= 0.6 is 22.9 Å². The second-order valence-electron chi connectivity index (χ2n) is 6.07. The van der Waals surface area contributed by atoms with E-state index in [4.69, 9.17) is 11.6 Å². The molecule has 0 aliphatic carbocycles. The summed E-state index contributed by atoms with van der Waals surface area (Å²) in [6.45, 7) is 5.36. The molecule has 2 rings (SSSR count). The number of piperazine rings is 1. The lowest BCUT2D eigenvalue weighted by Crippen LogP contribution is -3.15. The molecule has 140 valence electrons. The second-order valence-corrected chi connectivity index (χ2v) is 9.95. The molecule has 11 heteroatoms. The molecular formula is C14H22ClN4O4S2+. The zero-order valence-electron chi connectivity index (χ0n) is 14.0. The summed E-state index contributed by atoms with van der Waals surface area (Å²) in [5, 5.41) is 4.85. The number of rotatable bonds is 5. The third-order valence-electron chi connectivity index (χ3n) is 3.66. The fourth-order valence-electron chi connectivity index (χ4n) is 2.48. The molecule has 3 amide bonds. The molecule has 0 saturated carbocycles. The Bertz CT molecular complexity index is 727. The first-order valence-corrected chi connectivity index (χ1v) is 10.5. The van der Waals surface area contributed by atoms with Gasteiger partial charge in [0.1, 0.15) is 4.21 Å². The highest BCUT2D eigenvalue weighted by Gasteiger charge is 2.32. The van der Waals surface area contributed by atoms with Crippen molar-refractivity contribution < 1.29 is 22.9 Å². The molecule has 2 heterocycles. The van der Waals surface area contributed by atoms with E-state index in [1.165, 1.54) is 10.4 Å². The van der Waals surface area contributed by atoms with Crippen molar-refractivity contribution in [1.29, 1.82) is 0 Å². The van der Waals surface area contributed by atoms with E-state index in [1.54, 1.807) is 19.9 Å². The lowest BCUT2D eigenvalue weighted by molar-refractivity contribution is -0.895. The number of nitrogens with zero attached hydrogens (tertiary/aromatic N) is 1. The lowest BCUT2D eigenvalue weighted by atomic mass is 10.3. The fourth-order valence-corrected chi connectivity index (χ4v) is 5.56. The van der Waals surface area contributed by atoms with E-state index >= 15 is 0 Å². The van der Waals surface area contributed by atoms with Crippen LogP contribution in [0.5, 0.6) is 0 Å². The zero-order chi connectivity index (χ0) is 18.6. The highest BCUT2D eigenvalue weighted by Crippen LogP contribution is 2.27. The van der Waals surface area contributed by atoms with Crippen LogP contribution in [0.25, 0.3) is 0 Å². The van der Waals surface area contributed by atoms with Gasteiger partial charge in [0.15, 0.2) is 6.54 Å². The van der Waals surface area contributed by atoms with Crippen LogP contribution in [0.3, 0.4) is 0 Å². The van der Waals surface area contributed by atoms with Gasteiger partial charge in [0, 0.05) is 6.04 Å². The molecular weight excluding hydrogens is 388 g/mol. The summed E-state index contributed by atoms with van der Waals surface area (Å²) in [5.74, 6) is -0.380. The summed E-state index contributed by atoms with van der Waals surface area (Å²) in [6.07, 6.45) is 0. The van der Waals surface area contributed by atoms with Crippen LogP contribution in [0, 0.1) is 0 Å². The molecule has 25 heavy (non-hydrogen) atoms. The van der Waals surface area contributed by atoms with E-state index in [2.05, 4.69) is 10.6 Å². The van der Waals surface area contributed by atoms with Gasteiger partial charge < -0.3 is 10.2 Å². The standard InChI is InChI=1S/C14H21ClN4O4S2/c1-10(2)16-14(21)17-12(20)9-18-5-7-19(8-6-18)25(22,23)13-4-3-11(15)24-13/h3-4,10H,5-9H2,1-2H3,(H2,16,17,20,21)/p+1. The van der Waals surface area contributed by atoms with E-state index in [-0.39, 0.29) is 22.7 Å². The molecule has 8 nitrogen and oxygen atoms in total. The van der Waals surface area contributed by atoms with Crippen molar-refractivity contribution in [1.82, 2.24) is 14.9 Å². The van der Waals surface area contributed by atoms with Crippen LogP contribution in [-0.2, 0) is 14.8 Å². The molecule has 3 N–H and O–H groups in total. The van der Waals surface area contributed by atoms with Crippen molar-refractivity contribution in [3.05, 3.63) is 16.5 Å². The number of thiophene rings is 1. The van der Waals surface area contributed by atoms with Gasteiger partial charge >= 0.3 is 6.03 Å². The Morgan fingerprint density at radius 3 is 2.48 bits per heavy atom. The van der Waals surface area contributed by atoms with E-state index in [0.717, 1.165) is 16.2 Å². The topological polar surface area (TPSA) is 100 Å². The average molecular weight is 410 g/mol. The molecule has 1 fully saturated rings. The quantitative estimate of drug-likeness (QED) is 0.611. The molecule has 0 bridgehead atoms. The van der Waals surface area contributed by atoms with Gasteiger partial charge in [-0.05, 0) is 26.0 Å². The zero-order valence-corrected chi connectivity index (χ0v) is 16.4. The van der Waals surface area contributed by atoms with E-state index in [1.807, 2.05) is 0 Å². The minimum Gasteiger partial charge on any atom is -0.336 e. The number of carbonyl (C=O) groups excluding carboxylic acids is 2. The summed E-state index contributed by atoms with van der Waals surface area (Å²) >= 11 is 6.84. The van der Waals surface area contributed by atoms with Crippen LogP contribution in [0.1, 0.15) is 13.8 Å². The highest BCUT2D eigenvalue weighted by molar-refractivity contribution is 7.91. The molecule has 1 aliphatic rings. The van der Waals surface area contributed by atoms with Crippen molar-refractivity contribution in [2.45, 2.75) is 24.1 Å². The number of imide groups is 1. The summed E-state index contributed by atoms with van der Waals surface area (Å²) in [5.41, 5.74) is 0. The van der Waals surface area contributed by atoms with Gasteiger partial charge in [-0.15, -0.1) is 11.3 Å². The van der Waals surface area contributed by atoms with Gasteiger partial charge in [-0.2, -0.15) is 4.31 Å². The van der Waals surface area contributed by atoms with Crippen LogP contribution in [0.2, 0.25) is 4.34 Å². The summed E-state index contributed by atoms with van der Waals surface area (Å²) in [7, 11) is -3.54. The third kappa shape index (κ3) is 5.65. The van der Waals surface area contributed by atoms with Crippen LogP contribution in [-0.4, -0.2) is 63.4 Å². The number of sulfonamides is 1. The van der Waals surface area contributed by atoms with Gasteiger partial charge in [-0.1, -0.05) is 11.6 Å². The third-order valence-corrected chi connectivity index (χ3v) is 7.25. The average Bonchev–Trinajstić information content (AvgIpc) is 2.94. The molecule has 0 radical (unpaired) electrons. The van der Waals surface area contributed by atoms with Crippen LogP contribution < -0.4 is 15.5 Å². The highest BCUT2D eigenvalue weighted by atomic mass is 35.5. The normalized spacial score (nSPS) is 16.8. The van der Waals surface area contributed by atoms with Gasteiger partial charge in [-0.25, -0.2) is 13.2 Å². The van der Waals surface area contributed by atoms with Gasteiger partial charge in [0.2, 0.25) is 0 Å². The SMILES string of the molecule is CC(C)NC(=O)NC(=O)C[NH+]1CCN(S(=O)(=O)c2ccc(Cl)s2)CC1. The molecule has 0 aromatic carbocycles. The fraction of sp³-hybridized carbons (Fsp3) is 0.571. The van der Waals surface area contributed by atoms with Crippen molar-refractivity contribution in [3.63, 3.8) is 0 Å². The van der Waals surface area contributed by atoms with Crippen molar-refractivity contribution in [2.75, 3.05) is 32.7 Å². The van der Waals surface area contributed by atoms with Crippen molar-refractivity contribution in [3.8, 4) is 0 Å². The summed E-state index contributed by atoms with van der Waals surface area (Å²) < 4.78 is 27.1. The Morgan fingerprint density at radius 2 is 1.96 bits per heavy atom. The van der Waals surface area contributed by atoms with Crippen LogP contribution in [0.15, 0.2) is 16.3 Å². The van der Waals surface area contributed by atoms with E-state index < -0.39 is 16.1 Å². The number of halogens is 1. The van der Waals surface area contributed by atoms with Crippen molar-refractivity contribution >= 4 is 44.9 Å². The number of nitrogens with one attached hydrogen (secondary N) is 3. The maximum absolute atomic E-state index is 12.5. The predicted octanol–water partition coefficient (Wildman–Crippen LogP) is -0.475. The second kappa shape index (κ2) is 8.45. The van der Waals surface area contributed by atoms with Gasteiger partial charge in [0.05, 0.1) is 30.5 Å². The summed E-state index contributed by atoms with van der Waals surface area (Å²) in [6, 6.07) is 2.49. The van der Waals surface area contributed by atoms with Gasteiger partial charge in [0.25, 0.3) is 15.9 Å². The molecule has 1 aromatic rings. The number of hydrogen-bond acceptors (Lipinski definition) is 5. The Hall–Kier alpha value is -1.20. The number of amides is 3. The monoisotopic (exact) mass is 409 g/mol. The maximum Gasteiger partial charge on any atom is 0.321 e. The van der Waals surface area contributed by atoms with Crippen molar-refractivity contribution in [2.24, 2.45) is 0 Å². The first kappa shape index (κ1) is 20.1. The first-order valence-electron chi connectivity index (χ1n) is 7.88. The van der Waals surface area contributed by atoms with Gasteiger partial charge in [-0.3, -0.25) is 10.1 Å². The molecule has 0 spiro atoms. The van der Waals surface area contributed by atoms with E-state index in [0.29, 0.717) is 30.5 Å². The number of urea groups is 1. The summed E-state index contributed by atoms with van der Waals surface area (Å²) in [4.78, 5) is 24.3. The molecule has 1 saturated heterocycles. The van der Waals surface area contributed by atoms with Crippen LogP contribution in [0.4, 0.5) is 4.79 Å². The predicted molar refractivity (Wildman–Crippen MR) is 95.5 cm³/mol. The smallest absolute Gasteiger partial charge is 0.321 e. The number of hydrogen-bond donors (Lipinski definition) is 3.